The van der Waals surface area contributed by atoms with Crippen LogP contribution in [0.25, 0.3) is 11.0 Å². The Labute approximate surface area is 153 Å². The summed E-state index contributed by atoms with van der Waals surface area (Å²) >= 11 is 0. The van der Waals surface area contributed by atoms with Gasteiger partial charge in [-0.15, -0.1) is 4.73 Å². The molecule has 0 spiro atoms. The molecule has 1 aliphatic rings. The molecule has 27 heavy (non-hydrogen) atoms. The summed E-state index contributed by atoms with van der Waals surface area (Å²) in [5.74, 6) is -0.122. The SMILES string of the molecule is O=C(c1ccc(F)cc1)N1CCN(c2nc(=O)n(O)c3ncccc23)CC1. The van der Waals surface area contributed by atoms with Crippen LogP contribution in [0.15, 0.2) is 47.4 Å². The van der Waals surface area contributed by atoms with Crippen molar-refractivity contribution in [2.45, 2.75) is 0 Å². The summed E-state index contributed by atoms with van der Waals surface area (Å²) < 4.78 is 13.5. The summed E-state index contributed by atoms with van der Waals surface area (Å²) in [4.78, 5) is 36.0. The number of nitrogens with zero attached hydrogens (tertiary/aromatic N) is 5. The first-order valence-electron chi connectivity index (χ1n) is 8.41. The molecule has 1 N–H and O–H groups in total. The van der Waals surface area contributed by atoms with E-state index in [1.807, 2.05) is 4.90 Å². The molecule has 1 aliphatic heterocycles. The minimum absolute atomic E-state index is 0.136. The molecular weight excluding hydrogens is 353 g/mol. The van der Waals surface area contributed by atoms with Crippen molar-refractivity contribution in [2.75, 3.05) is 31.1 Å². The van der Waals surface area contributed by atoms with Crippen LogP contribution in [0.4, 0.5) is 10.2 Å². The fraction of sp³-hybridized carbons (Fsp3) is 0.222. The van der Waals surface area contributed by atoms with Gasteiger partial charge in [-0.05, 0) is 36.4 Å². The van der Waals surface area contributed by atoms with Gasteiger partial charge in [0.25, 0.3) is 5.91 Å². The quantitative estimate of drug-likeness (QED) is 0.681. The van der Waals surface area contributed by atoms with Gasteiger partial charge in [-0.3, -0.25) is 4.79 Å². The predicted octanol–water partition coefficient (Wildman–Crippen LogP) is 1.13. The van der Waals surface area contributed by atoms with E-state index in [1.165, 1.54) is 30.5 Å². The molecule has 1 amide bonds. The summed E-state index contributed by atoms with van der Waals surface area (Å²) in [6, 6.07) is 8.88. The first-order chi connectivity index (χ1) is 13.0. The maximum absolute atomic E-state index is 13.0. The number of aromatic nitrogens is 3. The lowest BCUT2D eigenvalue weighted by Crippen LogP contribution is -2.49. The van der Waals surface area contributed by atoms with Crippen LogP contribution in [-0.4, -0.2) is 56.9 Å². The van der Waals surface area contributed by atoms with Crippen molar-refractivity contribution >= 4 is 22.8 Å². The number of pyridine rings is 1. The molecule has 0 radical (unpaired) electrons. The monoisotopic (exact) mass is 369 g/mol. The van der Waals surface area contributed by atoms with Crippen LogP contribution in [0.3, 0.4) is 0 Å². The normalized spacial score (nSPS) is 14.6. The van der Waals surface area contributed by atoms with Gasteiger partial charge in [0.2, 0.25) is 0 Å². The lowest BCUT2D eigenvalue weighted by atomic mass is 10.1. The number of piperazine rings is 1. The van der Waals surface area contributed by atoms with Gasteiger partial charge in [-0.2, -0.15) is 4.98 Å². The Balaban J connectivity index is 1.56. The molecule has 4 rings (SSSR count). The number of halogens is 1. The van der Waals surface area contributed by atoms with Crippen LogP contribution >= 0.6 is 0 Å². The fourth-order valence-corrected chi connectivity index (χ4v) is 3.17. The number of carbonyl (C=O) groups excluding carboxylic acids is 1. The lowest BCUT2D eigenvalue weighted by molar-refractivity contribution is 0.0746. The highest BCUT2D eigenvalue weighted by Gasteiger charge is 2.25. The van der Waals surface area contributed by atoms with E-state index in [-0.39, 0.29) is 17.4 Å². The molecule has 1 aromatic carbocycles. The van der Waals surface area contributed by atoms with Gasteiger partial charge in [0.1, 0.15) is 11.6 Å². The summed E-state index contributed by atoms with van der Waals surface area (Å²) in [5, 5.41) is 10.4. The summed E-state index contributed by atoms with van der Waals surface area (Å²) in [6.45, 7) is 1.81. The fourth-order valence-electron chi connectivity index (χ4n) is 3.17. The zero-order chi connectivity index (χ0) is 19.0. The van der Waals surface area contributed by atoms with Crippen molar-refractivity contribution in [3.63, 3.8) is 0 Å². The third-order valence-corrected chi connectivity index (χ3v) is 4.57. The smallest absolute Gasteiger partial charge is 0.384 e. The van der Waals surface area contributed by atoms with Crippen molar-refractivity contribution in [1.29, 1.82) is 0 Å². The van der Waals surface area contributed by atoms with Crippen LogP contribution < -0.4 is 10.6 Å². The number of rotatable bonds is 2. The Morgan fingerprint density at radius 2 is 1.78 bits per heavy atom. The average Bonchev–Trinajstić information content (AvgIpc) is 2.71. The number of hydrogen-bond donors (Lipinski definition) is 1. The Hall–Kier alpha value is -3.49. The molecule has 2 aromatic heterocycles. The molecular formula is C18H16FN5O3. The largest absolute Gasteiger partial charge is 0.422 e. The number of fused-ring (bicyclic) bond motifs is 1. The average molecular weight is 369 g/mol. The van der Waals surface area contributed by atoms with Crippen molar-refractivity contribution in [3.05, 3.63) is 64.5 Å². The van der Waals surface area contributed by atoms with Crippen LogP contribution in [0.5, 0.6) is 0 Å². The Morgan fingerprint density at radius 3 is 2.48 bits per heavy atom. The third-order valence-electron chi connectivity index (χ3n) is 4.57. The molecule has 0 unspecified atom stereocenters. The predicted molar refractivity (Wildman–Crippen MR) is 95.5 cm³/mol. The molecule has 138 valence electrons. The van der Waals surface area contributed by atoms with Crippen LogP contribution in [0, 0.1) is 5.82 Å². The van der Waals surface area contributed by atoms with Crippen molar-refractivity contribution in [3.8, 4) is 0 Å². The van der Waals surface area contributed by atoms with Crippen molar-refractivity contribution in [1.82, 2.24) is 19.6 Å². The van der Waals surface area contributed by atoms with E-state index in [0.29, 0.717) is 47.7 Å². The molecule has 1 saturated heterocycles. The number of carbonyl (C=O) groups is 1. The van der Waals surface area contributed by atoms with E-state index in [0.717, 1.165) is 0 Å². The molecule has 0 saturated carbocycles. The van der Waals surface area contributed by atoms with Gasteiger partial charge in [0.15, 0.2) is 5.65 Å². The summed E-state index contributed by atoms with van der Waals surface area (Å²) in [5.41, 5.74) is -0.237. The van der Waals surface area contributed by atoms with Crippen LogP contribution in [0.1, 0.15) is 10.4 Å². The summed E-state index contributed by atoms with van der Waals surface area (Å²) in [7, 11) is 0. The standard InChI is InChI=1S/C18H16FN5O3/c19-13-5-3-12(4-6-13)17(25)23-10-8-22(9-11-23)16-14-2-1-7-20-15(14)24(27)18(26)21-16/h1-7,27H,8-11H2. The second-order valence-corrected chi connectivity index (χ2v) is 6.19. The maximum Gasteiger partial charge on any atom is 0.384 e. The van der Waals surface area contributed by atoms with Gasteiger partial charge in [0, 0.05) is 37.9 Å². The number of benzene rings is 1. The Kier molecular flexibility index (Phi) is 4.19. The van der Waals surface area contributed by atoms with Gasteiger partial charge in [0.05, 0.1) is 5.39 Å². The minimum Gasteiger partial charge on any atom is -0.422 e. The lowest BCUT2D eigenvalue weighted by Gasteiger charge is -2.35. The van der Waals surface area contributed by atoms with E-state index in [2.05, 4.69) is 9.97 Å². The molecule has 0 bridgehead atoms. The van der Waals surface area contributed by atoms with E-state index in [4.69, 9.17) is 0 Å². The van der Waals surface area contributed by atoms with Crippen molar-refractivity contribution < 1.29 is 14.4 Å². The minimum atomic E-state index is -0.805. The topological polar surface area (TPSA) is 91.6 Å². The van der Waals surface area contributed by atoms with E-state index < -0.39 is 5.69 Å². The van der Waals surface area contributed by atoms with Crippen LogP contribution in [0.2, 0.25) is 0 Å². The van der Waals surface area contributed by atoms with Gasteiger partial charge < -0.3 is 15.0 Å². The zero-order valence-electron chi connectivity index (χ0n) is 14.2. The molecule has 0 aliphatic carbocycles. The Bertz CT molecular complexity index is 1060. The molecule has 3 heterocycles. The highest BCUT2D eigenvalue weighted by molar-refractivity contribution is 5.94. The summed E-state index contributed by atoms with van der Waals surface area (Å²) in [6.07, 6.45) is 1.48. The molecule has 0 atom stereocenters. The third kappa shape index (κ3) is 3.07. The molecule has 8 nitrogen and oxygen atoms in total. The van der Waals surface area contributed by atoms with Crippen molar-refractivity contribution in [2.24, 2.45) is 0 Å². The molecule has 9 heteroatoms. The molecule has 3 aromatic rings. The van der Waals surface area contributed by atoms with E-state index >= 15 is 0 Å². The first-order valence-corrected chi connectivity index (χ1v) is 8.41. The van der Waals surface area contributed by atoms with Gasteiger partial charge in [-0.1, -0.05) is 0 Å². The van der Waals surface area contributed by atoms with Crippen LogP contribution in [-0.2, 0) is 0 Å². The first kappa shape index (κ1) is 17.0. The van der Waals surface area contributed by atoms with Gasteiger partial charge in [-0.25, -0.2) is 14.2 Å². The number of amides is 1. The molecule has 1 fully saturated rings. The zero-order valence-corrected chi connectivity index (χ0v) is 14.2. The van der Waals surface area contributed by atoms with E-state index in [1.54, 1.807) is 17.0 Å². The second-order valence-electron chi connectivity index (χ2n) is 6.19. The number of anilines is 1. The highest BCUT2D eigenvalue weighted by atomic mass is 19.1. The van der Waals surface area contributed by atoms with E-state index in [9.17, 15) is 19.2 Å². The second kappa shape index (κ2) is 6.67. The Morgan fingerprint density at radius 1 is 1.07 bits per heavy atom. The maximum atomic E-state index is 13.0. The van der Waals surface area contributed by atoms with Gasteiger partial charge >= 0.3 is 5.69 Å². The number of hydrogen-bond acceptors (Lipinski definition) is 6. The highest BCUT2D eigenvalue weighted by Crippen LogP contribution is 2.22.